The van der Waals surface area contributed by atoms with Crippen LogP contribution in [0.3, 0.4) is 0 Å². The maximum absolute atomic E-state index is 11.8. The molecule has 6 heteroatoms. The van der Waals surface area contributed by atoms with Crippen molar-refractivity contribution in [3.05, 3.63) is 28.1 Å². The largest absolute Gasteiger partial charge is 0.361 e. The van der Waals surface area contributed by atoms with Crippen molar-refractivity contribution in [1.29, 1.82) is 0 Å². The molecule has 2 rings (SSSR count). The summed E-state index contributed by atoms with van der Waals surface area (Å²) in [5.74, 6) is 0.259. The van der Waals surface area contributed by atoms with Gasteiger partial charge in [0.25, 0.3) is 5.91 Å². The number of anilines is 1. The molecule has 0 fully saturated rings. The Morgan fingerprint density at radius 2 is 2.19 bits per heavy atom. The molecule has 1 N–H and O–H groups in total. The monoisotopic (exact) mass is 237 g/mol. The molecule has 0 aliphatic carbocycles. The molecule has 5 nitrogen and oxygen atoms in total. The minimum absolute atomic E-state index is 0.243. The molecule has 0 aromatic carbocycles. The fourth-order valence-corrected chi connectivity index (χ4v) is 2.02. The molecule has 0 unspecified atom stereocenters. The van der Waals surface area contributed by atoms with Crippen molar-refractivity contribution in [3.63, 3.8) is 0 Å². The average molecular weight is 237 g/mol. The lowest BCUT2D eigenvalue weighted by Gasteiger charge is -1.97. The highest BCUT2D eigenvalue weighted by atomic mass is 32.1. The third kappa shape index (κ3) is 1.96. The molecule has 0 aliphatic rings. The highest BCUT2D eigenvalue weighted by Crippen LogP contribution is 2.21. The fraction of sp³-hybridized carbons (Fsp3) is 0.300. The van der Waals surface area contributed by atoms with Crippen LogP contribution in [0.25, 0.3) is 0 Å². The Bertz CT molecular complexity index is 510. The van der Waals surface area contributed by atoms with Crippen LogP contribution in [0.4, 0.5) is 5.13 Å². The molecule has 2 heterocycles. The quantitative estimate of drug-likeness (QED) is 0.870. The lowest BCUT2D eigenvalue weighted by molar-refractivity contribution is 0.102. The highest BCUT2D eigenvalue weighted by Gasteiger charge is 2.14. The van der Waals surface area contributed by atoms with Crippen LogP contribution >= 0.6 is 11.3 Å². The van der Waals surface area contributed by atoms with E-state index in [9.17, 15) is 4.79 Å². The summed E-state index contributed by atoms with van der Waals surface area (Å²) < 4.78 is 4.82. The van der Waals surface area contributed by atoms with E-state index >= 15 is 0 Å². The van der Waals surface area contributed by atoms with E-state index in [1.807, 2.05) is 13.8 Å². The predicted octanol–water partition coefficient (Wildman–Crippen LogP) is 2.31. The van der Waals surface area contributed by atoms with Gasteiger partial charge in [0.2, 0.25) is 0 Å². The first-order valence-corrected chi connectivity index (χ1v) is 5.56. The molecule has 0 bridgehead atoms. The number of nitrogens with zero attached hydrogens (tertiary/aromatic N) is 2. The number of aromatic nitrogens is 2. The van der Waals surface area contributed by atoms with Crippen molar-refractivity contribution in [2.45, 2.75) is 20.8 Å². The zero-order valence-electron chi connectivity index (χ0n) is 9.20. The summed E-state index contributed by atoms with van der Waals surface area (Å²) in [6.07, 6.45) is 1.40. The fourth-order valence-electron chi connectivity index (χ4n) is 1.21. The summed E-state index contributed by atoms with van der Waals surface area (Å²) in [4.78, 5) is 17.1. The van der Waals surface area contributed by atoms with Crippen LogP contribution in [0, 0.1) is 20.8 Å². The molecule has 0 atom stereocenters. The average Bonchev–Trinajstić information content (AvgIpc) is 2.74. The van der Waals surface area contributed by atoms with E-state index in [0.29, 0.717) is 16.5 Å². The Morgan fingerprint density at radius 1 is 1.44 bits per heavy atom. The van der Waals surface area contributed by atoms with E-state index in [1.165, 1.54) is 17.5 Å². The van der Waals surface area contributed by atoms with Gasteiger partial charge in [-0.25, -0.2) is 4.98 Å². The molecule has 2 aromatic rings. The summed E-state index contributed by atoms with van der Waals surface area (Å²) in [5.41, 5.74) is 1.37. The van der Waals surface area contributed by atoms with Crippen LogP contribution in [-0.2, 0) is 0 Å². The number of rotatable bonds is 2. The van der Waals surface area contributed by atoms with Gasteiger partial charge in [-0.05, 0) is 20.8 Å². The Morgan fingerprint density at radius 3 is 2.69 bits per heavy atom. The molecule has 0 saturated carbocycles. The zero-order chi connectivity index (χ0) is 11.7. The lowest BCUT2D eigenvalue weighted by Crippen LogP contribution is -2.11. The minimum atomic E-state index is -0.243. The molecule has 2 aromatic heterocycles. The number of carbonyl (C=O) groups is 1. The van der Waals surface area contributed by atoms with Crippen LogP contribution in [0.1, 0.15) is 26.7 Å². The van der Waals surface area contributed by atoms with Crippen molar-refractivity contribution in [2.75, 3.05) is 5.32 Å². The molecule has 0 aliphatic heterocycles. The number of hydrogen-bond acceptors (Lipinski definition) is 5. The molecule has 1 amide bonds. The standard InChI is InChI=1S/C10H11N3O2S/c1-5-7(3)16-10(12-5)13-9(14)8-4-11-15-6(8)2/h4H,1-3H3,(H,12,13,14). The van der Waals surface area contributed by atoms with E-state index in [4.69, 9.17) is 4.52 Å². The first kappa shape index (κ1) is 10.8. The van der Waals surface area contributed by atoms with E-state index in [2.05, 4.69) is 15.5 Å². The van der Waals surface area contributed by atoms with Gasteiger partial charge in [-0.1, -0.05) is 5.16 Å². The van der Waals surface area contributed by atoms with Crippen molar-refractivity contribution in [1.82, 2.24) is 10.1 Å². The van der Waals surface area contributed by atoms with E-state index in [-0.39, 0.29) is 5.91 Å². The van der Waals surface area contributed by atoms with Crippen molar-refractivity contribution < 1.29 is 9.32 Å². The second kappa shape index (κ2) is 4.05. The first-order chi connectivity index (χ1) is 7.58. The molecule has 0 saturated heterocycles. The summed E-state index contributed by atoms with van der Waals surface area (Å²) in [5, 5.41) is 6.87. The van der Waals surface area contributed by atoms with Crippen LogP contribution in [-0.4, -0.2) is 16.0 Å². The zero-order valence-corrected chi connectivity index (χ0v) is 10.0. The molecule has 0 radical (unpaired) electrons. The van der Waals surface area contributed by atoms with Crippen LogP contribution < -0.4 is 5.32 Å². The third-order valence-electron chi connectivity index (χ3n) is 2.24. The SMILES string of the molecule is Cc1nc(NC(=O)c2cnoc2C)sc1C. The van der Waals surface area contributed by atoms with Crippen molar-refractivity contribution in [2.24, 2.45) is 0 Å². The maximum atomic E-state index is 11.8. The second-order valence-corrected chi connectivity index (χ2v) is 4.61. The van der Waals surface area contributed by atoms with Crippen LogP contribution in [0.2, 0.25) is 0 Å². The third-order valence-corrected chi connectivity index (χ3v) is 3.23. The lowest BCUT2D eigenvalue weighted by atomic mass is 10.2. The topological polar surface area (TPSA) is 68.0 Å². The number of carbonyl (C=O) groups excluding carboxylic acids is 1. The van der Waals surface area contributed by atoms with Crippen molar-refractivity contribution in [3.8, 4) is 0 Å². The summed E-state index contributed by atoms with van der Waals surface area (Å²) >= 11 is 1.45. The van der Waals surface area contributed by atoms with Gasteiger partial charge < -0.3 is 4.52 Å². The van der Waals surface area contributed by atoms with Gasteiger partial charge in [-0.2, -0.15) is 0 Å². The molecule has 16 heavy (non-hydrogen) atoms. The number of amides is 1. The normalized spacial score (nSPS) is 10.4. The van der Waals surface area contributed by atoms with Crippen molar-refractivity contribution >= 4 is 22.4 Å². The molecular weight excluding hydrogens is 226 g/mol. The predicted molar refractivity (Wildman–Crippen MR) is 60.8 cm³/mol. The molecule has 0 spiro atoms. The highest BCUT2D eigenvalue weighted by molar-refractivity contribution is 7.15. The number of nitrogens with one attached hydrogen (secondary N) is 1. The summed E-state index contributed by atoms with van der Waals surface area (Å²) in [6, 6.07) is 0. The Balaban J connectivity index is 2.17. The minimum Gasteiger partial charge on any atom is -0.361 e. The molecular formula is C10H11N3O2S. The smallest absolute Gasteiger partial charge is 0.262 e. The van der Waals surface area contributed by atoms with Crippen LogP contribution in [0.5, 0.6) is 0 Å². The first-order valence-electron chi connectivity index (χ1n) is 4.74. The van der Waals surface area contributed by atoms with Gasteiger partial charge in [0.1, 0.15) is 11.3 Å². The van der Waals surface area contributed by atoms with Gasteiger partial charge in [0.15, 0.2) is 5.13 Å². The van der Waals surface area contributed by atoms with Gasteiger partial charge in [-0.3, -0.25) is 10.1 Å². The van der Waals surface area contributed by atoms with E-state index in [1.54, 1.807) is 6.92 Å². The van der Waals surface area contributed by atoms with Gasteiger partial charge in [-0.15, -0.1) is 11.3 Å². The van der Waals surface area contributed by atoms with Gasteiger partial charge in [0.05, 0.1) is 11.9 Å². The van der Waals surface area contributed by atoms with Gasteiger partial charge >= 0.3 is 0 Å². The van der Waals surface area contributed by atoms with Gasteiger partial charge in [0, 0.05) is 4.88 Å². The Labute approximate surface area is 96.5 Å². The Hall–Kier alpha value is -1.69. The number of thiazole rings is 1. The number of aryl methyl sites for hydroxylation is 3. The second-order valence-electron chi connectivity index (χ2n) is 3.41. The molecule has 84 valence electrons. The van der Waals surface area contributed by atoms with E-state index < -0.39 is 0 Å². The summed E-state index contributed by atoms with van der Waals surface area (Å²) in [6.45, 7) is 5.57. The van der Waals surface area contributed by atoms with E-state index in [0.717, 1.165) is 10.6 Å². The Kier molecular flexibility index (Phi) is 2.74. The van der Waals surface area contributed by atoms with Crippen LogP contribution in [0.15, 0.2) is 10.7 Å². The summed E-state index contributed by atoms with van der Waals surface area (Å²) in [7, 11) is 0. The number of hydrogen-bond donors (Lipinski definition) is 1. The maximum Gasteiger partial charge on any atom is 0.262 e.